The van der Waals surface area contributed by atoms with Gasteiger partial charge in [-0.1, -0.05) is 52.7 Å². The largest absolute Gasteiger partial charge is 0.394 e. The minimum Gasteiger partial charge on any atom is -0.394 e. The standard InChI is InChI=1S/C30H49N3O5/c1-9-12-13-16-32(15-11-3)28(37)25-30-18-21(6)29(7,38-30)23(26(35)31(8)14-10-2)24(30)27(36)33(25)22(19-34)17-20(4)5/h10-11,20-25,34H,2-3,9,12-19H2,1,4-8H3/t21?,22-,23+,24+,25?,29-,30?/m1/s1. The number of carbonyl (C=O) groups is 3. The predicted octanol–water partition coefficient (Wildman–Crippen LogP) is 3.25. The molecule has 0 aromatic carbocycles. The summed E-state index contributed by atoms with van der Waals surface area (Å²) in [6.45, 7) is 18.8. The maximum Gasteiger partial charge on any atom is 0.248 e. The molecule has 3 saturated heterocycles. The van der Waals surface area contributed by atoms with Crippen molar-refractivity contribution in [1.82, 2.24) is 14.7 Å². The first kappa shape index (κ1) is 30.4. The number of fused-ring (bicyclic) bond motifs is 1. The number of hydrogen-bond donors (Lipinski definition) is 1. The molecule has 214 valence electrons. The summed E-state index contributed by atoms with van der Waals surface area (Å²) in [6, 6.07) is -1.44. The second-order valence-electron chi connectivity index (χ2n) is 12.2. The van der Waals surface area contributed by atoms with Crippen LogP contribution < -0.4 is 0 Å². The van der Waals surface area contributed by atoms with Gasteiger partial charge in [-0.05, 0) is 38.0 Å². The van der Waals surface area contributed by atoms with Crippen LogP contribution in [0.25, 0.3) is 0 Å². The van der Waals surface area contributed by atoms with Crippen molar-refractivity contribution in [2.24, 2.45) is 23.7 Å². The molecule has 0 radical (unpaired) electrons. The van der Waals surface area contributed by atoms with Crippen molar-refractivity contribution in [3.05, 3.63) is 25.3 Å². The number of aliphatic hydroxyl groups excluding tert-OH is 1. The van der Waals surface area contributed by atoms with Crippen LogP contribution >= 0.6 is 0 Å². The van der Waals surface area contributed by atoms with E-state index in [0.29, 0.717) is 32.5 Å². The summed E-state index contributed by atoms with van der Waals surface area (Å²) in [5.74, 6) is -1.91. The summed E-state index contributed by atoms with van der Waals surface area (Å²) in [5.41, 5.74) is -1.98. The zero-order valence-electron chi connectivity index (χ0n) is 24.3. The molecule has 38 heavy (non-hydrogen) atoms. The molecule has 1 N–H and O–H groups in total. The lowest BCUT2D eigenvalue weighted by atomic mass is 9.62. The first-order valence-electron chi connectivity index (χ1n) is 14.3. The van der Waals surface area contributed by atoms with Crippen LogP contribution in [0.15, 0.2) is 25.3 Å². The van der Waals surface area contributed by atoms with Crippen LogP contribution in [0.3, 0.4) is 0 Å². The maximum absolute atomic E-state index is 14.5. The Balaban J connectivity index is 2.15. The van der Waals surface area contributed by atoms with E-state index in [-0.39, 0.29) is 36.2 Å². The number of likely N-dealkylation sites (N-methyl/N-ethyl adjacent to an activating group) is 1. The highest BCUT2D eigenvalue weighted by molar-refractivity contribution is 5.99. The van der Waals surface area contributed by atoms with Gasteiger partial charge in [-0.15, -0.1) is 13.2 Å². The summed E-state index contributed by atoms with van der Waals surface area (Å²) >= 11 is 0. The van der Waals surface area contributed by atoms with E-state index in [1.54, 1.807) is 33.9 Å². The van der Waals surface area contributed by atoms with Gasteiger partial charge in [-0.3, -0.25) is 14.4 Å². The molecule has 3 heterocycles. The van der Waals surface area contributed by atoms with Crippen molar-refractivity contribution in [3.63, 3.8) is 0 Å². The molecule has 3 aliphatic rings. The van der Waals surface area contributed by atoms with Gasteiger partial charge in [0.15, 0.2) is 0 Å². The van der Waals surface area contributed by atoms with Crippen LogP contribution in [-0.4, -0.2) is 94.1 Å². The van der Waals surface area contributed by atoms with E-state index in [0.717, 1.165) is 19.3 Å². The van der Waals surface area contributed by atoms with Gasteiger partial charge < -0.3 is 24.5 Å². The number of rotatable bonds is 14. The molecule has 7 atom stereocenters. The highest BCUT2D eigenvalue weighted by Crippen LogP contribution is 2.65. The van der Waals surface area contributed by atoms with Crippen molar-refractivity contribution >= 4 is 17.7 Å². The van der Waals surface area contributed by atoms with Crippen LogP contribution in [0, 0.1) is 23.7 Å². The Labute approximate surface area is 229 Å². The topological polar surface area (TPSA) is 90.4 Å². The molecule has 3 rings (SSSR count). The van der Waals surface area contributed by atoms with Gasteiger partial charge >= 0.3 is 0 Å². The fourth-order valence-corrected chi connectivity index (χ4v) is 7.24. The highest BCUT2D eigenvalue weighted by atomic mass is 16.5. The Hall–Kier alpha value is -2.19. The first-order chi connectivity index (χ1) is 17.9. The van der Waals surface area contributed by atoms with Gasteiger partial charge in [-0.25, -0.2) is 0 Å². The summed E-state index contributed by atoms with van der Waals surface area (Å²) in [5, 5.41) is 10.5. The summed E-state index contributed by atoms with van der Waals surface area (Å²) in [7, 11) is 1.71. The maximum atomic E-state index is 14.5. The number of carbonyl (C=O) groups excluding carboxylic acids is 3. The summed E-state index contributed by atoms with van der Waals surface area (Å²) in [4.78, 5) is 47.7. The minimum absolute atomic E-state index is 0.0292. The van der Waals surface area contributed by atoms with E-state index in [1.807, 2.05) is 27.7 Å². The van der Waals surface area contributed by atoms with Gasteiger partial charge in [0.25, 0.3) is 0 Å². The Bertz CT molecular complexity index is 922. The van der Waals surface area contributed by atoms with Crippen molar-refractivity contribution in [3.8, 4) is 0 Å². The highest BCUT2D eigenvalue weighted by Gasteiger charge is 2.80. The number of amides is 3. The van der Waals surface area contributed by atoms with Crippen LogP contribution in [0.4, 0.5) is 0 Å². The molecule has 3 aliphatic heterocycles. The Morgan fingerprint density at radius 2 is 1.87 bits per heavy atom. The Morgan fingerprint density at radius 1 is 1.21 bits per heavy atom. The lowest BCUT2D eigenvalue weighted by molar-refractivity contribution is -0.157. The van der Waals surface area contributed by atoms with E-state index in [1.165, 1.54) is 0 Å². The van der Waals surface area contributed by atoms with E-state index >= 15 is 0 Å². The third kappa shape index (κ3) is 4.94. The second-order valence-corrected chi connectivity index (χ2v) is 12.2. The van der Waals surface area contributed by atoms with Crippen LogP contribution in [0.5, 0.6) is 0 Å². The zero-order chi connectivity index (χ0) is 28.4. The lowest BCUT2D eigenvalue weighted by Crippen LogP contribution is -2.59. The minimum atomic E-state index is -1.12. The quantitative estimate of drug-likeness (QED) is 0.275. The molecule has 0 aromatic rings. The third-order valence-electron chi connectivity index (χ3n) is 9.07. The zero-order valence-corrected chi connectivity index (χ0v) is 24.3. The fourth-order valence-electron chi connectivity index (χ4n) is 7.24. The molecular formula is C30H49N3O5. The van der Waals surface area contributed by atoms with Gasteiger partial charge in [0, 0.05) is 26.7 Å². The number of nitrogens with zero attached hydrogens (tertiary/aromatic N) is 3. The normalized spacial score (nSPS) is 32.4. The van der Waals surface area contributed by atoms with E-state index in [9.17, 15) is 19.5 Å². The molecule has 8 heteroatoms. The molecule has 0 aromatic heterocycles. The number of hydrogen-bond acceptors (Lipinski definition) is 5. The molecule has 2 bridgehead atoms. The van der Waals surface area contributed by atoms with Crippen molar-refractivity contribution < 1.29 is 24.2 Å². The van der Waals surface area contributed by atoms with Crippen molar-refractivity contribution in [1.29, 1.82) is 0 Å². The molecule has 3 amide bonds. The molecule has 0 saturated carbocycles. The van der Waals surface area contributed by atoms with Crippen molar-refractivity contribution in [2.75, 3.05) is 33.3 Å². The van der Waals surface area contributed by atoms with Gasteiger partial charge in [0.1, 0.15) is 11.6 Å². The van der Waals surface area contributed by atoms with Crippen LogP contribution in [0.1, 0.15) is 66.7 Å². The second kappa shape index (κ2) is 11.9. The molecule has 1 spiro atoms. The summed E-state index contributed by atoms with van der Waals surface area (Å²) < 4.78 is 6.84. The Morgan fingerprint density at radius 3 is 2.42 bits per heavy atom. The van der Waals surface area contributed by atoms with Crippen molar-refractivity contribution in [2.45, 2.75) is 90.0 Å². The van der Waals surface area contributed by atoms with E-state index in [4.69, 9.17) is 4.74 Å². The number of aliphatic hydroxyl groups is 1. The van der Waals surface area contributed by atoms with Crippen LogP contribution in [-0.2, 0) is 19.1 Å². The first-order valence-corrected chi connectivity index (χ1v) is 14.3. The SMILES string of the molecule is C=CCN(C)C(=O)[C@@H]1[C@H]2C(=O)N([C@@H](CO)CC(C)C)C(C(=O)N(CC=C)CCCCC)C23CC(C)[C@@]1(C)O3. The van der Waals surface area contributed by atoms with Gasteiger partial charge in [0.2, 0.25) is 17.7 Å². The molecular weight excluding hydrogens is 482 g/mol. The predicted molar refractivity (Wildman–Crippen MR) is 148 cm³/mol. The average Bonchev–Trinajstić information content (AvgIpc) is 3.38. The van der Waals surface area contributed by atoms with Gasteiger partial charge in [-0.2, -0.15) is 0 Å². The Kier molecular flexibility index (Phi) is 9.51. The van der Waals surface area contributed by atoms with Gasteiger partial charge in [0.05, 0.1) is 30.1 Å². The number of likely N-dealkylation sites (tertiary alicyclic amines) is 1. The third-order valence-corrected chi connectivity index (χ3v) is 9.07. The molecule has 0 aliphatic carbocycles. The van der Waals surface area contributed by atoms with Crippen LogP contribution in [0.2, 0.25) is 0 Å². The van der Waals surface area contributed by atoms with E-state index < -0.39 is 35.1 Å². The molecule has 3 unspecified atom stereocenters. The average molecular weight is 532 g/mol. The summed E-state index contributed by atoms with van der Waals surface area (Å²) in [6.07, 6.45) is 7.31. The van der Waals surface area contributed by atoms with E-state index in [2.05, 4.69) is 20.1 Å². The molecule has 3 fully saturated rings. The number of ether oxygens (including phenoxy) is 1. The number of unbranched alkanes of at least 4 members (excludes halogenated alkanes) is 2. The smallest absolute Gasteiger partial charge is 0.248 e. The fraction of sp³-hybridized carbons (Fsp3) is 0.767. The lowest BCUT2D eigenvalue weighted by Gasteiger charge is -2.40. The monoisotopic (exact) mass is 531 g/mol. The molecule has 8 nitrogen and oxygen atoms in total.